The number of sulfonamides is 1. The average molecular weight is 381 g/mol. The third-order valence-corrected chi connectivity index (χ3v) is 7.12. The van der Waals surface area contributed by atoms with Crippen molar-refractivity contribution in [3.8, 4) is 5.75 Å². The smallest absolute Gasteiger partial charge is 0.246 e. The van der Waals surface area contributed by atoms with Gasteiger partial charge in [0, 0.05) is 29.0 Å². The second-order valence-corrected chi connectivity index (χ2v) is 8.53. The summed E-state index contributed by atoms with van der Waals surface area (Å²) in [5.74, 6) is 2.11. The van der Waals surface area contributed by atoms with Crippen LogP contribution in [0.5, 0.6) is 5.75 Å². The van der Waals surface area contributed by atoms with Crippen molar-refractivity contribution >= 4 is 43.4 Å². The van der Waals surface area contributed by atoms with E-state index in [4.69, 9.17) is 10.5 Å². The molecule has 0 aromatic heterocycles. The standard InChI is InChI=1S/C12H17BrN2O3S2/c1-15(8-3-4-19-7-8)20(16,17)12-6-10(14)9(13)5-11(12)18-2/h5-6,8H,3-4,7,14H2,1-2H3. The summed E-state index contributed by atoms with van der Waals surface area (Å²) >= 11 is 5.04. The van der Waals surface area contributed by atoms with Crippen molar-refractivity contribution in [2.24, 2.45) is 0 Å². The second-order valence-electron chi connectivity index (χ2n) is 4.56. The van der Waals surface area contributed by atoms with Crippen LogP contribution in [0.1, 0.15) is 6.42 Å². The van der Waals surface area contributed by atoms with Gasteiger partial charge < -0.3 is 10.5 Å². The predicted molar refractivity (Wildman–Crippen MR) is 85.8 cm³/mol. The van der Waals surface area contributed by atoms with Crippen molar-refractivity contribution < 1.29 is 13.2 Å². The van der Waals surface area contributed by atoms with Crippen molar-refractivity contribution in [3.63, 3.8) is 0 Å². The van der Waals surface area contributed by atoms with E-state index in [9.17, 15) is 8.42 Å². The maximum absolute atomic E-state index is 12.7. The monoisotopic (exact) mass is 380 g/mol. The fraction of sp³-hybridized carbons (Fsp3) is 0.500. The number of rotatable bonds is 4. The lowest BCUT2D eigenvalue weighted by molar-refractivity contribution is 0.380. The van der Waals surface area contributed by atoms with Crippen molar-refractivity contribution in [2.45, 2.75) is 17.4 Å². The quantitative estimate of drug-likeness (QED) is 0.810. The molecule has 1 aliphatic rings. The highest BCUT2D eigenvalue weighted by Gasteiger charge is 2.32. The summed E-state index contributed by atoms with van der Waals surface area (Å²) in [5, 5.41) is 0. The number of nitrogen functional groups attached to an aromatic ring is 1. The number of methoxy groups -OCH3 is 1. The Morgan fingerprint density at radius 2 is 2.20 bits per heavy atom. The Hall–Kier alpha value is -0.440. The van der Waals surface area contributed by atoms with Crippen LogP contribution in [0.4, 0.5) is 5.69 Å². The molecule has 1 aliphatic heterocycles. The molecule has 0 amide bonds. The Kier molecular flexibility index (Phi) is 4.88. The summed E-state index contributed by atoms with van der Waals surface area (Å²) < 4.78 is 32.7. The molecule has 8 heteroatoms. The molecule has 1 saturated heterocycles. The molecule has 1 aromatic carbocycles. The molecular weight excluding hydrogens is 364 g/mol. The van der Waals surface area contributed by atoms with Crippen LogP contribution in [0.15, 0.2) is 21.5 Å². The van der Waals surface area contributed by atoms with Crippen LogP contribution in [0.2, 0.25) is 0 Å². The van der Waals surface area contributed by atoms with E-state index in [0.29, 0.717) is 15.9 Å². The minimum Gasteiger partial charge on any atom is -0.495 e. The van der Waals surface area contributed by atoms with Gasteiger partial charge in [-0.3, -0.25) is 0 Å². The molecule has 0 aliphatic carbocycles. The van der Waals surface area contributed by atoms with Gasteiger partial charge in [0.2, 0.25) is 10.0 Å². The second kappa shape index (κ2) is 6.13. The molecule has 112 valence electrons. The minimum atomic E-state index is -3.61. The molecule has 1 fully saturated rings. The van der Waals surface area contributed by atoms with Crippen molar-refractivity contribution in [2.75, 3.05) is 31.4 Å². The van der Waals surface area contributed by atoms with Crippen LogP contribution in [0, 0.1) is 0 Å². The van der Waals surface area contributed by atoms with Gasteiger partial charge in [-0.25, -0.2) is 8.42 Å². The van der Waals surface area contributed by atoms with E-state index in [-0.39, 0.29) is 10.9 Å². The average Bonchev–Trinajstić information content (AvgIpc) is 2.94. The number of hydrogen-bond donors (Lipinski definition) is 1. The Bertz CT molecular complexity index is 601. The number of anilines is 1. The molecule has 0 bridgehead atoms. The Balaban J connectivity index is 2.45. The minimum absolute atomic E-state index is 0.0274. The van der Waals surface area contributed by atoms with Crippen LogP contribution in [0.25, 0.3) is 0 Å². The normalized spacial score (nSPS) is 19.5. The first-order chi connectivity index (χ1) is 9.37. The van der Waals surface area contributed by atoms with E-state index in [1.54, 1.807) is 24.9 Å². The first-order valence-electron chi connectivity index (χ1n) is 6.06. The third-order valence-electron chi connectivity index (χ3n) is 3.36. The number of hydrogen-bond acceptors (Lipinski definition) is 5. The van der Waals surface area contributed by atoms with Gasteiger partial charge in [-0.1, -0.05) is 0 Å². The lowest BCUT2D eigenvalue weighted by Gasteiger charge is -2.24. The van der Waals surface area contributed by atoms with Crippen LogP contribution in [-0.4, -0.2) is 44.4 Å². The van der Waals surface area contributed by atoms with E-state index < -0.39 is 10.0 Å². The van der Waals surface area contributed by atoms with E-state index in [2.05, 4.69) is 15.9 Å². The predicted octanol–water partition coefficient (Wildman–Crippen LogP) is 2.17. The molecule has 0 radical (unpaired) electrons. The van der Waals surface area contributed by atoms with Crippen molar-refractivity contribution in [1.82, 2.24) is 4.31 Å². The Morgan fingerprint density at radius 1 is 1.50 bits per heavy atom. The zero-order chi connectivity index (χ0) is 14.9. The maximum Gasteiger partial charge on any atom is 0.246 e. The molecule has 20 heavy (non-hydrogen) atoms. The van der Waals surface area contributed by atoms with Crippen LogP contribution in [0.3, 0.4) is 0 Å². The van der Waals surface area contributed by atoms with E-state index in [0.717, 1.165) is 17.9 Å². The number of thioether (sulfide) groups is 1. The summed E-state index contributed by atoms with van der Waals surface area (Å²) in [7, 11) is -0.549. The van der Waals surface area contributed by atoms with Gasteiger partial charge in [0.15, 0.2) is 0 Å². The van der Waals surface area contributed by atoms with Crippen LogP contribution >= 0.6 is 27.7 Å². The van der Waals surface area contributed by atoms with E-state index in [1.807, 2.05) is 0 Å². The Labute approximate surface area is 132 Å². The number of nitrogens with zero attached hydrogens (tertiary/aromatic N) is 1. The number of halogens is 1. The van der Waals surface area contributed by atoms with Gasteiger partial charge >= 0.3 is 0 Å². The van der Waals surface area contributed by atoms with Gasteiger partial charge in [-0.05, 0) is 40.2 Å². The SMILES string of the molecule is COc1cc(Br)c(N)cc1S(=O)(=O)N(C)C1CCSC1. The van der Waals surface area contributed by atoms with E-state index >= 15 is 0 Å². The highest BCUT2D eigenvalue weighted by atomic mass is 79.9. The summed E-state index contributed by atoms with van der Waals surface area (Å²) in [6.45, 7) is 0. The molecule has 2 N–H and O–H groups in total. The van der Waals surface area contributed by atoms with Gasteiger partial charge in [0.05, 0.1) is 7.11 Å². The largest absolute Gasteiger partial charge is 0.495 e. The highest BCUT2D eigenvalue weighted by Crippen LogP contribution is 2.35. The molecule has 5 nitrogen and oxygen atoms in total. The molecular formula is C12H17BrN2O3S2. The van der Waals surface area contributed by atoms with Crippen molar-refractivity contribution in [3.05, 3.63) is 16.6 Å². The number of ether oxygens (including phenoxy) is 1. The van der Waals surface area contributed by atoms with Gasteiger partial charge in [0.25, 0.3) is 0 Å². The fourth-order valence-corrected chi connectivity index (χ4v) is 5.31. The summed E-state index contributed by atoms with van der Waals surface area (Å²) in [4.78, 5) is 0.111. The topological polar surface area (TPSA) is 72.6 Å². The number of benzene rings is 1. The molecule has 1 heterocycles. The molecule has 1 unspecified atom stereocenters. The highest BCUT2D eigenvalue weighted by molar-refractivity contribution is 9.10. The first-order valence-corrected chi connectivity index (χ1v) is 9.45. The molecule has 1 aromatic rings. The molecule has 0 saturated carbocycles. The van der Waals surface area contributed by atoms with E-state index in [1.165, 1.54) is 17.5 Å². The van der Waals surface area contributed by atoms with Crippen molar-refractivity contribution in [1.29, 1.82) is 0 Å². The first kappa shape index (κ1) is 15.9. The van der Waals surface area contributed by atoms with Crippen LogP contribution < -0.4 is 10.5 Å². The molecule has 1 atom stereocenters. The zero-order valence-corrected chi connectivity index (χ0v) is 14.5. The lowest BCUT2D eigenvalue weighted by atomic mass is 10.3. The van der Waals surface area contributed by atoms with Gasteiger partial charge in [0.1, 0.15) is 10.6 Å². The lowest BCUT2D eigenvalue weighted by Crippen LogP contribution is -2.37. The fourth-order valence-electron chi connectivity index (χ4n) is 2.07. The maximum atomic E-state index is 12.7. The van der Waals surface area contributed by atoms with Crippen LogP contribution in [-0.2, 0) is 10.0 Å². The third kappa shape index (κ3) is 2.93. The molecule has 0 spiro atoms. The zero-order valence-electron chi connectivity index (χ0n) is 11.3. The van der Waals surface area contributed by atoms with Gasteiger partial charge in [-0.15, -0.1) is 0 Å². The summed E-state index contributed by atoms with van der Waals surface area (Å²) in [6.07, 6.45) is 0.870. The van der Waals surface area contributed by atoms with Gasteiger partial charge in [-0.2, -0.15) is 16.1 Å². The Morgan fingerprint density at radius 3 is 2.75 bits per heavy atom. The molecule has 2 rings (SSSR count). The summed E-state index contributed by atoms with van der Waals surface area (Å²) in [6, 6.07) is 3.05. The number of nitrogens with two attached hydrogens (primary N) is 1. The summed E-state index contributed by atoms with van der Waals surface area (Å²) in [5.41, 5.74) is 6.18.